The zero-order valence-corrected chi connectivity index (χ0v) is 11.2. The molecular weight excluding hydrogens is 270 g/mol. The Balaban J connectivity index is 2.24. The fourth-order valence-electron chi connectivity index (χ4n) is 1.34. The van der Waals surface area contributed by atoms with Gasteiger partial charge in [-0.25, -0.2) is 9.97 Å². The summed E-state index contributed by atoms with van der Waals surface area (Å²) in [5.74, 6) is 0.943. The smallest absolute Gasteiger partial charge is 0.233 e. The van der Waals surface area contributed by atoms with Gasteiger partial charge in [0.15, 0.2) is 0 Å². The van der Waals surface area contributed by atoms with Gasteiger partial charge in [0.2, 0.25) is 5.88 Å². The molecule has 0 saturated carbocycles. The minimum absolute atomic E-state index is 0.413. The highest BCUT2D eigenvalue weighted by Crippen LogP contribution is 2.26. The molecule has 0 aromatic carbocycles. The lowest BCUT2D eigenvalue weighted by Crippen LogP contribution is -2.02. The van der Waals surface area contributed by atoms with Gasteiger partial charge in [-0.1, -0.05) is 32.6 Å². The Morgan fingerprint density at radius 1 is 1.25 bits per heavy atom. The highest BCUT2D eigenvalue weighted by molar-refractivity contribution is 9.10. The monoisotopic (exact) mass is 287 g/mol. The van der Waals surface area contributed by atoms with E-state index in [1.54, 1.807) is 0 Å². The van der Waals surface area contributed by atoms with Crippen LogP contribution in [-0.2, 0) is 0 Å². The number of rotatable bonds is 7. The van der Waals surface area contributed by atoms with Gasteiger partial charge in [0.05, 0.1) is 6.61 Å². The first-order valence-corrected chi connectivity index (χ1v) is 6.43. The van der Waals surface area contributed by atoms with E-state index in [-0.39, 0.29) is 0 Å². The quantitative estimate of drug-likeness (QED) is 0.783. The maximum atomic E-state index is 5.61. The molecule has 1 aromatic heterocycles. The zero-order chi connectivity index (χ0) is 11.8. The van der Waals surface area contributed by atoms with Crippen LogP contribution in [0, 0.1) is 0 Å². The van der Waals surface area contributed by atoms with Crippen molar-refractivity contribution in [3.8, 4) is 5.88 Å². The first-order valence-electron chi connectivity index (χ1n) is 5.64. The molecule has 0 atom stereocenters. The van der Waals surface area contributed by atoms with Crippen LogP contribution in [-0.4, -0.2) is 16.6 Å². The van der Waals surface area contributed by atoms with Gasteiger partial charge in [-0.05, 0) is 22.4 Å². The molecule has 1 heterocycles. The number of hydrogen-bond donors (Lipinski definition) is 1. The summed E-state index contributed by atoms with van der Waals surface area (Å²) in [7, 11) is 0. The van der Waals surface area contributed by atoms with Crippen LogP contribution in [0.1, 0.15) is 39.0 Å². The summed E-state index contributed by atoms with van der Waals surface area (Å²) in [4.78, 5) is 7.86. The Kier molecular flexibility index (Phi) is 6.15. The first kappa shape index (κ1) is 13.2. The molecule has 0 aliphatic carbocycles. The van der Waals surface area contributed by atoms with Crippen LogP contribution in [0.5, 0.6) is 5.88 Å². The second-order valence-corrected chi connectivity index (χ2v) is 4.43. The Labute approximate surface area is 105 Å². The molecule has 0 fully saturated rings. The molecule has 1 aromatic rings. The van der Waals surface area contributed by atoms with E-state index in [0.29, 0.717) is 22.8 Å². The SMILES string of the molecule is CCCCCCCOc1ncnc(N)c1Br. The van der Waals surface area contributed by atoms with Crippen LogP contribution in [0.15, 0.2) is 10.8 Å². The van der Waals surface area contributed by atoms with E-state index in [2.05, 4.69) is 32.8 Å². The van der Waals surface area contributed by atoms with Gasteiger partial charge in [0.25, 0.3) is 0 Å². The molecule has 0 spiro atoms. The van der Waals surface area contributed by atoms with Crippen molar-refractivity contribution >= 4 is 21.7 Å². The number of halogens is 1. The maximum absolute atomic E-state index is 5.61. The lowest BCUT2D eigenvalue weighted by Gasteiger charge is -2.07. The molecule has 0 bridgehead atoms. The highest BCUT2D eigenvalue weighted by Gasteiger charge is 2.06. The molecule has 0 unspecified atom stereocenters. The number of nitrogens with two attached hydrogens (primary N) is 1. The number of nitrogen functional groups attached to an aromatic ring is 1. The average Bonchev–Trinajstić information content (AvgIpc) is 2.29. The number of hydrogen-bond acceptors (Lipinski definition) is 4. The molecule has 16 heavy (non-hydrogen) atoms. The van der Waals surface area contributed by atoms with Crippen molar-refractivity contribution in [2.45, 2.75) is 39.0 Å². The topological polar surface area (TPSA) is 61.0 Å². The average molecular weight is 288 g/mol. The Morgan fingerprint density at radius 2 is 2.00 bits per heavy atom. The van der Waals surface area contributed by atoms with Gasteiger partial charge in [0.1, 0.15) is 16.6 Å². The standard InChI is InChI=1S/C11H18BrN3O/c1-2-3-4-5-6-7-16-11-9(12)10(13)14-8-15-11/h8H,2-7H2,1H3,(H2,13,14,15). The first-order chi connectivity index (χ1) is 7.75. The molecule has 0 amide bonds. The van der Waals surface area contributed by atoms with Crippen molar-refractivity contribution in [3.05, 3.63) is 10.8 Å². The molecule has 5 heteroatoms. The van der Waals surface area contributed by atoms with Crippen molar-refractivity contribution in [2.75, 3.05) is 12.3 Å². The van der Waals surface area contributed by atoms with Crippen molar-refractivity contribution < 1.29 is 4.74 Å². The van der Waals surface area contributed by atoms with E-state index in [9.17, 15) is 0 Å². The molecular formula is C11H18BrN3O. The number of aromatic nitrogens is 2. The third kappa shape index (κ3) is 4.35. The number of unbranched alkanes of at least 4 members (excludes halogenated alkanes) is 4. The number of anilines is 1. The van der Waals surface area contributed by atoms with Crippen molar-refractivity contribution in [2.24, 2.45) is 0 Å². The maximum Gasteiger partial charge on any atom is 0.233 e. The second-order valence-electron chi connectivity index (χ2n) is 3.64. The molecule has 4 nitrogen and oxygen atoms in total. The van der Waals surface area contributed by atoms with E-state index in [1.165, 1.54) is 32.0 Å². The van der Waals surface area contributed by atoms with E-state index in [1.807, 2.05) is 0 Å². The largest absolute Gasteiger partial charge is 0.477 e. The summed E-state index contributed by atoms with van der Waals surface area (Å²) in [6.45, 7) is 2.88. The van der Waals surface area contributed by atoms with Crippen LogP contribution in [0.2, 0.25) is 0 Å². The summed E-state index contributed by atoms with van der Waals surface area (Å²) < 4.78 is 6.16. The number of nitrogens with zero attached hydrogens (tertiary/aromatic N) is 2. The predicted molar refractivity (Wildman–Crippen MR) is 68.4 cm³/mol. The van der Waals surface area contributed by atoms with Crippen LogP contribution in [0.4, 0.5) is 5.82 Å². The Morgan fingerprint density at radius 3 is 2.75 bits per heavy atom. The summed E-state index contributed by atoms with van der Waals surface area (Å²) in [6, 6.07) is 0. The molecule has 0 radical (unpaired) electrons. The van der Waals surface area contributed by atoms with Crippen LogP contribution >= 0.6 is 15.9 Å². The van der Waals surface area contributed by atoms with Gasteiger partial charge in [-0.3, -0.25) is 0 Å². The highest BCUT2D eigenvalue weighted by atomic mass is 79.9. The predicted octanol–water partition coefficient (Wildman–Crippen LogP) is 3.17. The Hall–Kier alpha value is -0.840. The van der Waals surface area contributed by atoms with Gasteiger partial charge in [-0.2, -0.15) is 0 Å². The Bertz CT molecular complexity index is 320. The minimum Gasteiger partial charge on any atom is -0.477 e. The summed E-state index contributed by atoms with van der Waals surface area (Å²) >= 11 is 3.30. The molecule has 0 saturated heterocycles. The second kappa shape index (κ2) is 7.44. The van der Waals surface area contributed by atoms with Crippen molar-refractivity contribution in [1.82, 2.24) is 9.97 Å². The number of ether oxygens (including phenoxy) is 1. The molecule has 2 N–H and O–H groups in total. The van der Waals surface area contributed by atoms with Crippen LogP contribution in [0.25, 0.3) is 0 Å². The molecule has 90 valence electrons. The summed E-state index contributed by atoms with van der Waals surface area (Å²) in [5.41, 5.74) is 5.61. The summed E-state index contributed by atoms with van der Waals surface area (Å²) in [5, 5.41) is 0. The molecule has 0 aliphatic rings. The fourth-order valence-corrected chi connectivity index (χ4v) is 1.66. The molecule has 1 rings (SSSR count). The zero-order valence-electron chi connectivity index (χ0n) is 9.58. The van der Waals surface area contributed by atoms with Crippen molar-refractivity contribution in [1.29, 1.82) is 0 Å². The van der Waals surface area contributed by atoms with Gasteiger partial charge in [0, 0.05) is 0 Å². The van der Waals surface area contributed by atoms with Gasteiger partial charge < -0.3 is 10.5 Å². The van der Waals surface area contributed by atoms with Gasteiger partial charge in [-0.15, -0.1) is 0 Å². The molecule has 0 aliphatic heterocycles. The van der Waals surface area contributed by atoms with Crippen molar-refractivity contribution in [3.63, 3.8) is 0 Å². The normalized spacial score (nSPS) is 10.4. The lowest BCUT2D eigenvalue weighted by molar-refractivity contribution is 0.291. The van der Waals surface area contributed by atoms with Crippen LogP contribution in [0.3, 0.4) is 0 Å². The third-order valence-electron chi connectivity index (χ3n) is 2.27. The lowest BCUT2D eigenvalue weighted by atomic mass is 10.2. The summed E-state index contributed by atoms with van der Waals surface area (Å²) in [6.07, 6.45) is 7.49. The van der Waals surface area contributed by atoms with E-state index in [4.69, 9.17) is 10.5 Å². The third-order valence-corrected chi connectivity index (χ3v) is 3.02. The van der Waals surface area contributed by atoms with Gasteiger partial charge >= 0.3 is 0 Å². The van der Waals surface area contributed by atoms with E-state index < -0.39 is 0 Å². The van der Waals surface area contributed by atoms with E-state index in [0.717, 1.165) is 6.42 Å². The minimum atomic E-state index is 0.413. The van der Waals surface area contributed by atoms with E-state index >= 15 is 0 Å². The fraction of sp³-hybridized carbons (Fsp3) is 0.636. The van der Waals surface area contributed by atoms with Crippen LogP contribution < -0.4 is 10.5 Å².